The Hall–Kier alpha value is -1.36. The third kappa shape index (κ3) is 5.31. The monoisotopic (exact) mass is 253 g/mol. The molecule has 0 spiro atoms. The van der Waals surface area contributed by atoms with Crippen molar-refractivity contribution in [1.29, 1.82) is 0 Å². The molecule has 2 N–H and O–H groups in total. The maximum atomic E-state index is 11.4. The van der Waals surface area contributed by atoms with Crippen molar-refractivity contribution >= 4 is 11.7 Å². The average Bonchev–Trinajstić information content (AvgIpc) is 2.24. The number of ether oxygens (including phenoxy) is 1. The van der Waals surface area contributed by atoms with Crippen molar-refractivity contribution in [3.05, 3.63) is 11.6 Å². The molecule has 0 aromatic heterocycles. The Morgan fingerprint density at radius 3 is 2.83 bits per heavy atom. The normalized spacial score (nSPS) is 20.4. The van der Waals surface area contributed by atoms with Gasteiger partial charge in [0.25, 0.3) is 0 Å². The van der Waals surface area contributed by atoms with Gasteiger partial charge in [0.2, 0.25) is 0 Å². The van der Waals surface area contributed by atoms with Crippen molar-refractivity contribution in [3.8, 4) is 0 Å². The summed E-state index contributed by atoms with van der Waals surface area (Å²) < 4.78 is 4.84. The van der Waals surface area contributed by atoms with E-state index < -0.39 is 0 Å². The number of urea groups is 1. The highest BCUT2D eigenvalue weighted by atomic mass is 16.5. The van der Waals surface area contributed by atoms with Gasteiger partial charge in [-0.25, -0.2) is 10.2 Å². The standard InChI is InChI=1S/C13H23N3O2/c1-10-7-11(9-13(2,3)8-10)15-16-12(17)14-5-6-18-4/h7H,5-6,8-9H2,1-4H3,(H2,14,16,17)/b15-11-. The first-order chi connectivity index (χ1) is 8.43. The topological polar surface area (TPSA) is 62.7 Å². The van der Waals surface area contributed by atoms with Gasteiger partial charge in [-0.3, -0.25) is 0 Å². The molecule has 2 amide bonds. The Morgan fingerprint density at radius 1 is 1.50 bits per heavy atom. The number of hydrazone groups is 1. The molecule has 0 radical (unpaired) electrons. The van der Waals surface area contributed by atoms with Crippen LogP contribution in [-0.2, 0) is 4.74 Å². The zero-order chi connectivity index (χ0) is 13.6. The molecule has 0 heterocycles. The molecule has 0 atom stereocenters. The summed E-state index contributed by atoms with van der Waals surface area (Å²) >= 11 is 0. The fraction of sp³-hybridized carbons (Fsp3) is 0.692. The first-order valence-electron chi connectivity index (χ1n) is 6.19. The molecule has 0 aromatic carbocycles. The van der Waals surface area contributed by atoms with E-state index in [4.69, 9.17) is 4.74 Å². The molecule has 102 valence electrons. The Morgan fingerprint density at radius 2 is 2.22 bits per heavy atom. The fourth-order valence-electron chi connectivity index (χ4n) is 2.19. The molecular weight excluding hydrogens is 230 g/mol. The second-order valence-electron chi connectivity index (χ2n) is 5.47. The molecule has 5 nitrogen and oxygen atoms in total. The lowest BCUT2D eigenvalue weighted by Crippen LogP contribution is -2.35. The summed E-state index contributed by atoms with van der Waals surface area (Å²) in [6.07, 6.45) is 4.00. The van der Waals surface area contributed by atoms with Crippen molar-refractivity contribution in [3.63, 3.8) is 0 Å². The average molecular weight is 253 g/mol. The number of nitrogens with zero attached hydrogens (tertiary/aromatic N) is 1. The summed E-state index contributed by atoms with van der Waals surface area (Å²) in [5.41, 5.74) is 4.94. The lowest BCUT2D eigenvalue weighted by Gasteiger charge is -2.29. The third-order valence-corrected chi connectivity index (χ3v) is 2.72. The zero-order valence-electron chi connectivity index (χ0n) is 11.7. The predicted octanol–water partition coefficient (Wildman–Crippen LogP) is 2.05. The number of rotatable bonds is 4. The lowest BCUT2D eigenvalue weighted by atomic mass is 9.77. The molecule has 0 bridgehead atoms. The van der Waals surface area contributed by atoms with Gasteiger partial charge < -0.3 is 10.1 Å². The first-order valence-corrected chi connectivity index (χ1v) is 6.19. The largest absolute Gasteiger partial charge is 0.383 e. The molecular formula is C13H23N3O2. The summed E-state index contributed by atoms with van der Waals surface area (Å²) in [6, 6.07) is -0.297. The molecule has 1 aliphatic rings. The zero-order valence-corrected chi connectivity index (χ0v) is 11.7. The maximum Gasteiger partial charge on any atom is 0.335 e. The number of allylic oxidation sites excluding steroid dienone is 2. The number of carbonyl (C=O) groups is 1. The molecule has 1 rings (SSSR count). The molecule has 0 aliphatic heterocycles. The molecule has 1 aliphatic carbocycles. The molecule has 0 fully saturated rings. The van der Waals surface area contributed by atoms with E-state index >= 15 is 0 Å². The van der Waals surface area contributed by atoms with Gasteiger partial charge in [-0.05, 0) is 31.3 Å². The van der Waals surface area contributed by atoms with Crippen LogP contribution in [0, 0.1) is 5.41 Å². The Labute approximate surface area is 109 Å². The van der Waals surface area contributed by atoms with E-state index in [1.807, 2.05) is 6.08 Å². The van der Waals surface area contributed by atoms with Crippen molar-refractivity contribution in [2.45, 2.75) is 33.6 Å². The summed E-state index contributed by atoms with van der Waals surface area (Å²) in [6.45, 7) is 7.48. The molecule has 5 heteroatoms. The van der Waals surface area contributed by atoms with E-state index in [0.717, 1.165) is 18.6 Å². The summed E-state index contributed by atoms with van der Waals surface area (Å²) in [4.78, 5) is 11.4. The number of methoxy groups -OCH3 is 1. The smallest absolute Gasteiger partial charge is 0.335 e. The van der Waals surface area contributed by atoms with Crippen molar-refractivity contribution in [2.24, 2.45) is 10.5 Å². The van der Waals surface area contributed by atoms with Gasteiger partial charge in [0.1, 0.15) is 0 Å². The van der Waals surface area contributed by atoms with Crippen LogP contribution in [0.25, 0.3) is 0 Å². The fourth-order valence-corrected chi connectivity index (χ4v) is 2.19. The second kappa shape index (κ2) is 6.54. The van der Waals surface area contributed by atoms with Crippen LogP contribution < -0.4 is 10.7 Å². The van der Waals surface area contributed by atoms with Gasteiger partial charge in [-0.2, -0.15) is 5.10 Å². The molecule has 0 saturated carbocycles. The van der Waals surface area contributed by atoms with Gasteiger partial charge in [0.05, 0.1) is 12.3 Å². The van der Waals surface area contributed by atoms with Crippen molar-refractivity contribution < 1.29 is 9.53 Å². The SMILES string of the molecule is COCCNC(=O)N/N=C1/C=C(C)CC(C)(C)C1. The van der Waals surface area contributed by atoms with E-state index in [0.29, 0.717) is 13.2 Å². The number of amides is 2. The minimum atomic E-state index is -0.297. The minimum absolute atomic E-state index is 0.214. The number of nitrogens with one attached hydrogen (secondary N) is 2. The maximum absolute atomic E-state index is 11.4. The van der Waals surface area contributed by atoms with E-state index in [1.165, 1.54) is 5.57 Å². The quantitative estimate of drug-likeness (QED) is 0.595. The number of hydrogen-bond acceptors (Lipinski definition) is 3. The van der Waals surface area contributed by atoms with Crippen LogP contribution in [-0.4, -0.2) is 32.0 Å². The van der Waals surface area contributed by atoms with Gasteiger partial charge in [-0.15, -0.1) is 0 Å². The van der Waals surface area contributed by atoms with Gasteiger partial charge in [0, 0.05) is 13.7 Å². The van der Waals surface area contributed by atoms with Crippen LogP contribution in [0.2, 0.25) is 0 Å². The minimum Gasteiger partial charge on any atom is -0.383 e. The highest BCUT2D eigenvalue weighted by Crippen LogP contribution is 2.33. The highest BCUT2D eigenvalue weighted by molar-refractivity contribution is 5.97. The molecule has 0 saturated heterocycles. The summed E-state index contributed by atoms with van der Waals surface area (Å²) in [7, 11) is 1.59. The van der Waals surface area contributed by atoms with Crippen LogP contribution in [0.15, 0.2) is 16.8 Å². The summed E-state index contributed by atoms with van der Waals surface area (Å²) in [5, 5.41) is 6.80. The molecule has 18 heavy (non-hydrogen) atoms. The van der Waals surface area contributed by atoms with E-state index in [9.17, 15) is 4.79 Å². The number of carbonyl (C=O) groups excluding carboxylic acids is 1. The predicted molar refractivity (Wildman–Crippen MR) is 72.6 cm³/mol. The van der Waals surface area contributed by atoms with Crippen molar-refractivity contribution in [1.82, 2.24) is 10.7 Å². The van der Waals surface area contributed by atoms with E-state index in [1.54, 1.807) is 7.11 Å². The lowest BCUT2D eigenvalue weighted by molar-refractivity contribution is 0.196. The van der Waals surface area contributed by atoms with Crippen molar-refractivity contribution in [2.75, 3.05) is 20.3 Å². The van der Waals surface area contributed by atoms with Gasteiger partial charge >= 0.3 is 6.03 Å². The van der Waals surface area contributed by atoms with Crippen LogP contribution in [0.5, 0.6) is 0 Å². The Kier molecular flexibility index (Phi) is 5.34. The Bertz CT molecular complexity index is 359. The van der Waals surface area contributed by atoms with Crippen LogP contribution in [0.1, 0.15) is 33.6 Å². The van der Waals surface area contributed by atoms with Crippen LogP contribution >= 0.6 is 0 Å². The Balaban J connectivity index is 2.47. The van der Waals surface area contributed by atoms with Crippen LogP contribution in [0.3, 0.4) is 0 Å². The summed E-state index contributed by atoms with van der Waals surface area (Å²) in [5.74, 6) is 0. The van der Waals surface area contributed by atoms with E-state index in [2.05, 4.69) is 36.6 Å². The number of hydrogen-bond donors (Lipinski definition) is 2. The second-order valence-corrected chi connectivity index (χ2v) is 5.47. The first kappa shape index (κ1) is 14.7. The highest BCUT2D eigenvalue weighted by Gasteiger charge is 2.24. The van der Waals surface area contributed by atoms with Crippen LogP contribution in [0.4, 0.5) is 4.79 Å². The van der Waals surface area contributed by atoms with Gasteiger partial charge in [0.15, 0.2) is 0 Å². The van der Waals surface area contributed by atoms with Gasteiger partial charge in [-0.1, -0.05) is 19.4 Å². The molecule has 0 unspecified atom stereocenters. The molecule has 0 aromatic rings. The third-order valence-electron chi connectivity index (χ3n) is 2.72. The van der Waals surface area contributed by atoms with E-state index in [-0.39, 0.29) is 11.4 Å².